The van der Waals surface area contributed by atoms with Gasteiger partial charge in [0.15, 0.2) is 0 Å². The van der Waals surface area contributed by atoms with Crippen LogP contribution in [0.25, 0.3) is 0 Å². The second kappa shape index (κ2) is 7.39. The lowest BCUT2D eigenvalue weighted by Crippen LogP contribution is -2.38. The predicted molar refractivity (Wildman–Crippen MR) is 95.9 cm³/mol. The molecule has 0 fully saturated rings. The van der Waals surface area contributed by atoms with Crippen LogP contribution in [0.5, 0.6) is 5.75 Å². The highest BCUT2D eigenvalue weighted by Gasteiger charge is 2.40. The Labute approximate surface area is 143 Å². The Hall–Kier alpha value is -2.49. The number of hydrogen-bond donors (Lipinski definition) is 2. The summed E-state index contributed by atoms with van der Waals surface area (Å²) in [7, 11) is 0. The number of para-hydroxylation sites is 2. The number of carbonyl (C=O) groups excluding carboxylic acids is 1. The van der Waals surface area contributed by atoms with Gasteiger partial charge in [-0.1, -0.05) is 42.5 Å². The molecule has 4 heteroatoms. The summed E-state index contributed by atoms with van der Waals surface area (Å²) in [5.74, 6) is -0.138. The van der Waals surface area contributed by atoms with Crippen LogP contribution in [-0.4, -0.2) is 17.2 Å². The van der Waals surface area contributed by atoms with Gasteiger partial charge in [-0.2, -0.15) is 0 Å². The molecule has 2 N–H and O–H groups in total. The molecule has 0 aliphatic heterocycles. The van der Waals surface area contributed by atoms with Gasteiger partial charge in [0.1, 0.15) is 5.75 Å². The summed E-state index contributed by atoms with van der Waals surface area (Å²) in [6.45, 7) is 7.37. The molecule has 2 rings (SSSR count). The van der Waals surface area contributed by atoms with Gasteiger partial charge < -0.3 is 15.2 Å². The van der Waals surface area contributed by atoms with Gasteiger partial charge >= 0.3 is 5.97 Å². The minimum Gasteiger partial charge on any atom is -0.506 e. The Morgan fingerprint density at radius 2 is 1.62 bits per heavy atom. The van der Waals surface area contributed by atoms with Crippen LogP contribution >= 0.6 is 0 Å². The summed E-state index contributed by atoms with van der Waals surface area (Å²) in [6, 6.07) is 16.4. The second-order valence-corrected chi connectivity index (χ2v) is 6.68. The molecular formula is C20H25NO3. The highest BCUT2D eigenvalue weighted by Crippen LogP contribution is 2.39. The fourth-order valence-electron chi connectivity index (χ4n) is 2.56. The maximum atomic E-state index is 12.6. The van der Waals surface area contributed by atoms with Crippen molar-refractivity contribution < 1.29 is 14.6 Å². The zero-order valence-corrected chi connectivity index (χ0v) is 14.6. The van der Waals surface area contributed by atoms with Crippen molar-refractivity contribution in [3.8, 4) is 5.75 Å². The van der Waals surface area contributed by atoms with E-state index < -0.39 is 5.41 Å². The van der Waals surface area contributed by atoms with Gasteiger partial charge in [-0.15, -0.1) is 0 Å². The maximum absolute atomic E-state index is 12.6. The standard InChI is InChI=1S/C20H25NO3/c1-14(2)24-19(23)20(3,4)18(15-10-6-5-7-11-15)21-16-12-8-9-13-17(16)22/h5-14,18,21-22H,1-4H3. The molecule has 0 aliphatic carbocycles. The van der Waals surface area contributed by atoms with Crippen LogP contribution in [0.1, 0.15) is 39.3 Å². The number of esters is 1. The molecule has 0 heterocycles. The molecule has 0 aliphatic rings. The predicted octanol–water partition coefficient (Wildman–Crippen LogP) is 4.52. The van der Waals surface area contributed by atoms with E-state index >= 15 is 0 Å². The summed E-state index contributed by atoms with van der Waals surface area (Å²) in [6.07, 6.45) is -0.182. The molecule has 24 heavy (non-hydrogen) atoms. The molecule has 4 nitrogen and oxygen atoms in total. The quantitative estimate of drug-likeness (QED) is 0.605. The van der Waals surface area contributed by atoms with Crippen LogP contribution in [0.4, 0.5) is 5.69 Å². The van der Waals surface area contributed by atoms with Crippen LogP contribution in [0.2, 0.25) is 0 Å². The Morgan fingerprint density at radius 3 is 2.21 bits per heavy atom. The first kappa shape index (κ1) is 17.9. The van der Waals surface area contributed by atoms with Gasteiger partial charge in [0.25, 0.3) is 0 Å². The topological polar surface area (TPSA) is 58.6 Å². The van der Waals surface area contributed by atoms with Gasteiger partial charge in [0, 0.05) is 0 Å². The molecule has 2 aromatic rings. The summed E-state index contributed by atoms with van der Waals surface area (Å²) < 4.78 is 5.44. The molecule has 1 unspecified atom stereocenters. The fourth-order valence-corrected chi connectivity index (χ4v) is 2.56. The molecular weight excluding hydrogens is 302 g/mol. The molecule has 2 aromatic carbocycles. The van der Waals surface area contributed by atoms with E-state index in [1.165, 1.54) is 0 Å². The van der Waals surface area contributed by atoms with Crippen molar-refractivity contribution in [3.05, 3.63) is 60.2 Å². The Kier molecular flexibility index (Phi) is 5.50. The number of phenolic OH excluding ortho intramolecular Hbond substituents is 1. The lowest BCUT2D eigenvalue weighted by Gasteiger charge is -2.34. The molecule has 0 spiro atoms. The summed E-state index contributed by atoms with van der Waals surface area (Å²) in [4.78, 5) is 12.6. The summed E-state index contributed by atoms with van der Waals surface area (Å²) in [5, 5.41) is 13.4. The zero-order valence-electron chi connectivity index (χ0n) is 14.6. The van der Waals surface area contributed by atoms with E-state index in [9.17, 15) is 9.90 Å². The fraction of sp³-hybridized carbons (Fsp3) is 0.350. The number of anilines is 1. The van der Waals surface area contributed by atoms with E-state index in [1.807, 2.05) is 64.1 Å². The monoisotopic (exact) mass is 327 g/mol. The van der Waals surface area contributed by atoms with Crippen LogP contribution in [0.15, 0.2) is 54.6 Å². The van der Waals surface area contributed by atoms with E-state index in [0.717, 1.165) is 5.56 Å². The first-order valence-electron chi connectivity index (χ1n) is 8.13. The SMILES string of the molecule is CC(C)OC(=O)C(C)(C)C(Nc1ccccc1O)c1ccccc1. The molecule has 0 amide bonds. The zero-order chi connectivity index (χ0) is 17.7. The maximum Gasteiger partial charge on any atom is 0.314 e. The minimum absolute atomic E-state index is 0.145. The van der Waals surface area contributed by atoms with Gasteiger partial charge in [0.2, 0.25) is 0 Å². The number of nitrogens with one attached hydrogen (secondary N) is 1. The Balaban J connectivity index is 2.40. The third-order valence-electron chi connectivity index (χ3n) is 3.93. The van der Waals surface area contributed by atoms with Crippen molar-refractivity contribution in [1.82, 2.24) is 0 Å². The highest BCUT2D eigenvalue weighted by molar-refractivity contribution is 5.78. The van der Waals surface area contributed by atoms with Crippen molar-refractivity contribution in [2.45, 2.75) is 39.8 Å². The van der Waals surface area contributed by atoms with E-state index in [4.69, 9.17) is 4.74 Å². The molecule has 0 bridgehead atoms. The van der Waals surface area contributed by atoms with Crippen LogP contribution < -0.4 is 5.32 Å². The van der Waals surface area contributed by atoms with Crippen LogP contribution in [-0.2, 0) is 9.53 Å². The van der Waals surface area contributed by atoms with Crippen molar-refractivity contribution in [2.24, 2.45) is 5.41 Å². The first-order valence-corrected chi connectivity index (χ1v) is 8.13. The third-order valence-corrected chi connectivity index (χ3v) is 3.93. The van der Waals surface area contributed by atoms with Crippen molar-refractivity contribution in [3.63, 3.8) is 0 Å². The van der Waals surface area contributed by atoms with Gasteiger partial charge in [-0.05, 0) is 45.4 Å². The number of carbonyl (C=O) groups is 1. The van der Waals surface area contributed by atoms with E-state index in [0.29, 0.717) is 5.69 Å². The van der Waals surface area contributed by atoms with Crippen LogP contribution in [0.3, 0.4) is 0 Å². The number of rotatable bonds is 6. The molecule has 0 saturated carbocycles. The van der Waals surface area contributed by atoms with E-state index in [1.54, 1.807) is 18.2 Å². The highest BCUT2D eigenvalue weighted by atomic mass is 16.5. The van der Waals surface area contributed by atoms with Gasteiger partial charge in [-0.25, -0.2) is 0 Å². The first-order chi connectivity index (χ1) is 11.3. The van der Waals surface area contributed by atoms with Gasteiger partial charge in [-0.3, -0.25) is 4.79 Å². The molecule has 1 atom stereocenters. The van der Waals surface area contributed by atoms with Gasteiger partial charge in [0.05, 0.1) is 23.2 Å². The molecule has 128 valence electrons. The van der Waals surface area contributed by atoms with E-state index in [2.05, 4.69) is 5.32 Å². The average molecular weight is 327 g/mol. The minimum atomic E-state index is -0.825. The number of hydrogen-bond acceptors (Lipinski definition) is 4. The number of aromatic hydroxyl groups is 1. The second-order valence-electron chi connectivity index (χ2n) is 6.68. The normalized spacial score (nSPS) is 12.7. The van der Waals surface area contributed by atoms with Crippen molar-refractivity contribution in [2.75, 3.05) is 5.32 Å². The number of phenols is 1. The molecule has 0 radical (unpaired) electrons. The third kappa shape index (κ3) is 4.07. The molecule has 0 saturated heterocycles. The van der Waals surface area contributed by atoms with Crippen molar-refractivity contribution in [1.29, 1.82) is 0 Å². The lowest BCUT2D eigenvalue weighted by molar-refractivity contribution is -0.158. The average Bonchev–Trinajstić information content (AvgIpc) is 2.54. The largest absolute Gasteiger partial charge is 0.506 e. The smallest absolute Gasteiger partial charge is 0.314 e. The Morgan fingerprint density at radius 1 is 1.04 bits per heavy atom. The van der Waals surface area contributed by atoms with Crippen LogP contribution in [0, 0.1) is 5.41 Å². The number of benzene rings is 2. The lowest BCUT2D eigenvalue weighted by atomic mass is 9.80. The summed E-state index contributed by atoms with van der Waals surface area (Å²) >= 11 is 0. The molecule has 0 aromatic heterocycles. The van der Waals surface area contributed by atoms with E-state index in [-0.39, 0.29) is 23.9 Å². The Bertz CT molecular complexity index is 680. The number of ether oxygens (including phenoxy) is 1. The van der Waals surface area contributed by atoms with Crippen molar-refractivity contribution >= 4 is 11.7 Å². The summed E-state index contributed by atoms with van der Waals surface area (Å²) in [5.41, 5.74) is 0.705.